The van der Waals surface area contributed by atoms with Gasteiger partial charge in [0.2, 0.25) is 10.0 Å². The Morgan fingerprint density at radius 2 is 2.19 bits per heavy atom. The monoisotopic (exact) mass is 315 g/mol. The smallest absolute Gasteiger partial charge is 0.335 e. The molecule has 2 atom stereocenters. The molecule has 0 spiro atoms. The van der Waals surface area contributed by atoms with Crippen molar-refractivity contribution >= 4 is 16.0 Å². The lowest BCUT2D eigenvalue weighted by atomic mass is 10.2. The zero-order valence-corrected chi connectivity index (χ0v) is 12.3. The lowest BCUT2D eigenvalue weighted by Crippen LogP contribution is -2.20. The Balaban J connectivity index is 2.20. The van der Waals surface area contributed by atoms with Crippen LogP contribution in [0.5, 0.6) is 5.75 Å². The summed E-state index contributed by atoms with van der Waals surface area (Å²) < 4.78 is 34.1. The fourth-order valence-corrected chi connectivity index (χ4v) is 2.87. The van der Waals surface area contributed by atoms with Crippen molar-refractivity contribution in [3.05, 3.63) is 23.8 Å². The number of benzene rings is 1. The number of sulfonamides is 1. The molecule has 116 valence electrons. The van der Waals surface area contributed by atoms with Crippen molar-refractivity contribution in [1.29, 1.82) is 0 Å². The maximum absolute atomic E-state index is 11.6. The van der Waals surface area contributed by atoms with Crippen LogP contribution in [0.4, 0.5) is 0 Å². The molecule has 0 amide bonds. The van der Waals surface area contributed by atoms with E-state index in [-0.39, 0.29) is 35.0 Å². The summed E-state index contributed by atoms with van der Waals surface area (Å²) in [7, 11) is -4.08. The van der Waals surface area contributed by atoms with E-state index in [0.29, 0.717) is 0 Å². The van der Waals surface area contributed by atoms with Crippen LogP contribution < -0.4 is 9.88 Å². The number of primary sulfonamides is 1. The van der Waals surface area contributed by atoms with Crippen LogP contribution in [0, 0.1) is 0 Å². The Kier molecular flexibility index (Phi) is 4.50. The predicted molar refractivity (Wildman–Crippen MR) is 73.8 cm³/mol. The van der Waals surface area contributed by atoms with E-state index in [2.05, 4.69) is 0 Å². The van der Waals surface area contributed by atoms with Gasteiger partial charge in [0.1, 0.15) is 17.3 Å². The SMILES string of the molecule is CC1CCC(COc2ccc(C(=O)O)cc2S(N)(=O)=O)O1. The summed E-state index contributed by atoms with van der Waals surface area (Å²) in [5.74, 6) is -1.20. The van der Waals surface area contributed by atoms with E-state index in [1.165, 1.54) is 12.1 Å². The Labute approximate surface area is 122 Å². The molecular weight excluding hydrogens is 298 g/mol. The Bertz CT molecular complexity index is 642. The normalized spacial score (nSPS) is 22.2. The van der Waals surface area contributed by atoms with E-state index in [1.54, 1.807) is 0 Å². The summed E-state index contributed by atoms with van der Waals surface area (Å²) in [5, 5.41) is 14.0. The number of aromatic carboxylic acids is 1. The molecule has 1 aromatic carbocycles. The number of hydrogen-bond donors (Lipinski definition) is 2. The predicted octanol–water partition coefficient (Wildman–Crippen LogP) is 0.978. The topological polar surface area (TPSA) is 116 Å². The average molecular weight is 315 g/mol. The molecule has 1 aliphatic rings. The van der Waals surface area contributed by atoms with Crippen molar-refractivity contribution in [1.82, 2.24) is 0 Å². The summed E-state index contributed by atoms with van der Waals surface area (Å²) in [6.45, 7) is 2.15. The van der Waals surface area contributed by atoms with Crippen molar-refractivity contribution in [2.75, 3.05) is 6.61 Å². The molecule has 0 bridgehead atoms. The van der Waals surface area contributed by atoms with Gasteiger partial charge in [-0.05, 0) is 38.0 Å². The molecule has 7 nitrogen and oxygen atoms in total. The largest absolute Gasteiger partial charge is 0.489 e. The molecule has 1 saturated heterocycles. The molecule has 1 heterocycles. The van der Waals surface area contributed by atoms with E-state index in [1.807, 2.05) is 6.92 Å². The minimum Gasteiger partial charge on any atom is -0.489 e. The highest BCUT2D eigenvalue weighted by molar-refractivity contribution is 7.89. The zero-order chi connectivity index (χ0) is 15.6. The highest BCUT2D eigenvalue weighted by Gasteiger charge is 2.24. The lowest BCUT2D eigenvalue weighted by Gasteiger charge is -2.15. The third-order valence-electron chi connectivity index (χ3n) is 3.24. The molecule has 2 rings (SSSR count). The van der Waals surface area contributed by atoms with Crippen molar-refractivity contribution in [3.63, 3.8) is 0 Å². The number of nitrogens with two attached hydrogens (primary N) is 1. The van der Waals surface area contributed by atoms with Gasteiger partial charge in [-0.15, -0.1) is 0 Å². The number of ether oxygens (including phenoxy) is 2. The molecule has 8 heteroatoms. The molecule has 0 aromatic heterocycles. The van der Waals surface area contributed by atoms with Gasteiger partial charge in [0, 0.05) is 0 Å². The molecular formula is C13H17NO6S. The maximum atomic E-state index is 11.6. The highest BCUT2D eigenvalue weighted by Crippen LogP contribution is 2.26. The first-order valence-electron chi connectivity index (χ1n) is 6.46. The summed E-state index contributed by atoms with van der Waals surface area (Å²) in [5.41, 5.74) is -0.169. The fraction of sp³-hybridized carbons (Fsp3) is 0.462. The molecule has 21 heavy (non-hydrogen) atoms. The van der Waals surface area contributed by atoms with Gasteiger partial charge in [-0.25, -0.2) is 18.4 Å². The Morgan fingerprint density at radius 1 is 1.48 bits per heavy atom. The van der Waals surface area contributed by atoms with Crippen LogP contribution in [0.3, 0.4) is 0 Å². The first kappa shape index (κ1) is 15.7. The molecule has 0 saturated carbocycles. The molecule has 2 unspecified atom stereocenters. The van der Waals surface area contributed by atoms with Crippen LogP contribution in [0.1, 0.15) is 30.1 Å². The Hall–Kier alpha value is -1.64. The van der Waals surface area contributed by atoms with Gasteiger partial charge in [0.15, 0.2) is 0 Å². The summed E-state index contributed by atoms with van der Waals surface area (Å²) >= 11 is 0. The van der Waals surface area contributed by atoms with Gasteiger partial charge in [-0.3, -0.25) is 0 Å². The second kappa shape index (κ2) is 6.00. The minimum atomic E-state index is -4.08. The third kappa shape index (κ3) is 3.93. The summed E-state index contributed by atoms with van der Waals surface area (Å²) in [6, 6.07) is 3.55. The molecule has 3 N–H and O–H groups in total. The highest BCUT2D eigenvalue weighted by atomic mass is 32.2. The van der Waals surface area contributed by atoms with Crippen molar-refractivity contribution < 1.29 is 27.8 Å². The van der Waals surface area contributed by atoms with Gasteiger partial charge in [-0.2, -0.15) is 0 Å². The molecule has 1 aromatic rings. The number of rotatable bonds is 5. The van der Waals surface area contributed by atoms with E-state index in [0.717, 1.165) is 18.9 Å². The number of hydrogen-bond acceptors (Lipinski definition) is 5. The molecule has 0 aliphatic carbocycles. The van der Waals surface area contributed by atoms with Gasteiger partial charge >= 0.3 is 5.97 Å². The zero-order valence-electron chi connectivity index (χ0n) is 11.5. The first-order valence-corrected chi connectivity index (χ1v) is 8.00. The third-order valence-corrected chi connectivity index (χ3v) is 4.17. The van der Waals surface area contributed by atoms with Crippen molar-refractivity contribution in [2.45, 2.75) is 36.9 Å². The van der Waals surface area contributed by atoms with Gasteiger partial charge < -0.3 is 14.6 Å². The fourth-order valence-electron chi connectivity index (χ4n) is 2.17. The standard InChI is InChI=1S/C13H17NO6S/c1-8-2-4-10(20-8)7-19-11-5-3-9(13(15)16)6-12(11)21(14,17)18/h3,5-6,8,10H,2,4,7H2,1H3,(H,15,16)(H2,14,17,18). The summed E-state index contributed by atoms with van der Waals surface area (Å²) in [6.07, 6.45) is 1.81. The number of carbonyl (C=O) groups is 1. The van der Waals surface area contributed by atoms with E-state index >= 15 is 0 Å². The van der Waals surface area contributed by atoms with Crippen LogP contribution in [-0.4, -0.2) is 38.3 Å². The molecule has 0 radical (unpaired) electrons. The van der Waals surface area contributed by atoms with Crippen molar-refractivity contribution in [2.24, 2.45) is 5.14 Å². The second-order valence-electron chi connectivity index (χ2n) is 4.97. The Morgan fingerprint density at radius 3 is 2.71 bits per heavy atom. The van der Waals surface area contributed by atoms with Crippen LogP contribution in [0.15, 0.2) is 23.1 Å². The molecule has 1 fully saturated rings. The van der Waals surface area contributed by atoms with Gasteiger partial charge in [0.05, 0.1) is 17.8 Å². The van der Waals surface area contributed by atoms with E-state index < -0.39 is 16.0 Å². The van der Waals surface area contributed by atoms with Crippen molar-refractivity contribution in [3.8, 4) is 5.75 Å². The quantitative estimate of drug-likeness (QED) is 0.836. The lowest BCUT2D eigenvalue weighted by molar-refractivity contribution is 0.0257. The summed E-state index contributed by atoms with van der Waals surface area (Å²) in [4.78, 5) is 10.6. The number of carboxylic acids is 1. The van der Waals surface area contributed by atoms with Crippen LogP contribution in [-0.2, 0) is 14.8 Å². The van der Waals surface area contributed by atoms with E-state index in [9.17, 15) is 13.2 Å². The second-order valence-corrected chi connectivity index (χ2v) is 6.50. The van der Waals surface area contributed by atoms with Gasteiger partial charge in [0.25, 0.3) is 0 Å². The van der Waals surface area contributed by atoms with E-state index in [4.69, 9.17) is 19.7 Å². The maximum Gasteiger partial charge on any atom is 0.335 e. The molecule has 1 aliphatic heterocycles. The first-order chi connectivity index (χ1) is 9.77. The number of carboxylic acid groups (broad SMARTS) is 1. The van der Waals surface area contributed by atoms with Crippen LogP contribution in [0.2, 0.25) is 0 Å². The average Bonchev–Trinajstić information content (AvgIpc) is 2.81. The van der Waals surface area contributed by atoms with Crippen LogP contribution >= 0.6 is 0 Å². The van der Waals surface area contributed by atoms with Crippen LogP contribution in [0.25, 0.3) is 0 Å². The minimum absolute atomic E-state index is 0.0330. The van der Waals surface area contributed by atoms with Gasteiger partial charge in [-0.1, -0.05) is 0 Å².